The molecule has 0 aliphatic carbocycles. The largest absolute Gasteiger partial charge is 0.487 e. The predicted octanol–water partition coefficient (Wildman–Crippen LogP) is 3.33. The molecule has 1 aromatic carbocycles. The quantitative estimate of drug-likeness (QED) is 0.710. The molecule has 0 aromatic heterocycles. The van der Waals surface area contributed by atoms with Gasteiger partial charge < -0.3 is 14.4 Å². The van der Waals surface area contributed by atoms with Crippen molar-refractivity contribution in [3.05, 3.63) is 29.8 Å². The minimum absolute atomic E-state index is 0.0571. The molecule has 4 heteroatoms. The van der Waals surface area contributed by atoms with E-state index in [1.807, 2.05) is 6.07 Å². The minimum atomic E-state index is -0.381. The van der Waals surface area contributed by atoms with E-state index >= 15 is 0 Å². The van der Waals surface area contributed by atoms with Crippen LogP contribution in [0.15, 0.2) is 24.3 Å². The van der Waals surface area contributed by atoms with Crippen molar-refractivity contribution >= 4 is 0 Å². The number of fused-ring (bicyclic) bond motifs is 3. The molecule has 4 rings (SSSR count). The summed E-state index contributed by atoms with van der Waals surface area (Å²) >= 11 is 0. The second-order valence-corrected chi connectivity index (χ2v) is 9.04. The summed E-state index contributed by atoms with van der Waals surface area (Å²) in [5, 5.41) is 0. The third kappa shape index (κ3) is 3.87. The van der Waals surface area contributed by atoms with Gasteiger partial charge >= 0.3 is 0 Å². The first-order valence-electron chi connectivity index (χ1n) is 10.2. The molecular weight excluding hydrogens is 336 g/mol. The first kappa shape index (κ1) is 18.8. The standard InChI is InChI=1S/C23H32N2O2/c1-22(2)19-10-12-23(3,11-7-13-25-16-14-24(4)15-17-25)27-21(19)18-8-5-6-9-20(18)26-22/h5-6,8-9,19,21H,10,12-17H2,1-4H3/t19-,21+,23+/m0/s1. The predicted molar refractivity (Wildman–Crippen MR) is 108 cm³/mol. The maximum absolute atomic E-state index is 6.67. The number of nitrogens with zero attached hydrogens (tertiary/aromatic N) is 2. The van der Waals surface area contributed by atoms with E-state index < -0.39 is 0 Å². The number of ether oxygens (including phenoxy) is 2. The van der Waals surface area contributed by atoms with Crippen LogP contribution in [0.4, 0.5) is 0 Å². The lowest BCUT2D eigenvalue weighted by atomic mass is 9.73. The summed E-state index contributed by atoms with van der Waals surface area (Å²) in [6, 6.07) is 8.31. The SMILES string of the molecule is CN1CCN(CC#C[C@]2(C)CC[C@H]3[C@H](O2)c2ccccc2OC3(C)C)CC1. The molecule has 0 N–H and O–H groups in total. The summed E-state index contributed by atoms with van der Waals surface area (Å²) in [4.78, 5) is 4.81. The van der Waals surface area contributed by atoms with Gasteiger partial charge in [-0.05, 0) is 46.7 Å². The summed E-state index contributed by atoms with van der Waals surface area (Å²) in [7, 11) is 2.18. The monoisotopic (exact) mass is 368 g/mol. The fourth-order valence-electron chi connectivity index (χ4n) is 4.60. The fraction of sp³-hybridized carbons (Fsp3) is 0.652. The molecule has 1 aromatic rings. The summed E-state index contributed by atoms with van der Waals surface area (Å²) < 4.78 is 13.0. The van der Waals surface area contributed by atoms with Gasteiger partial charge in [-0.3, -0.25) is 4.90 Å². The Bertz CT molecular complexity index is 742. The second kappa shape index (κ2) is 7.13. The van der Waals surface area contributed by atoms with Gasteiger partial charge in [-0.1, -0.05) is 30.0 Å². The van der Waals surface area contributed by atoms with Crippen LogP contribution >= 0.6 is 0 Å². The highest BCUT2D eigenvalue weighted by Crippen LogP contribution is 2.52. The molecule has 3 aliphatic rings. The average Bonchev–Trinajstić information content (AvgIpc) is 2.63. The van der Waals surface area contributed by atoms with Crippen molar-refractivity contribution in [3.63, 3.8) is 0 Å². The lowest BCUT2D eigenvalue weighted by molar-refractivity contribution is -0.169. The molecule has 0 bridgehead atoms. The lowest BCUT2D eigenvalue weighted by Gasteiger charge is -2.50. The third-order valence-electron chi connectivity index (χ3n) is 6.43. The molecule has 4 nitrogen and oxygen atoms in total. The van der Waals surface area contributed by atoms with E-state index in [0.29, 0.717) is 5.92 Å². The van der Waals surface area contributed by atoms with Crippen LogP contribution in [0.2, 0.25) is 0 Å². The van der Waals surface area contributed by atoms with E-state index in [4.69, 9.17) is 9.47 Å². The van der Waals surface area contributed by atoms with E-state index in [2.05, 4.69) is 67.7 Å². The highest BCUT2D eigenvalue weighted by atomic mass is 16.5. The van der Waals surface area contributed by atoms with Crippen molar-refractivity contribution in [1.29, 1.82) is 0 Å². The highest BCUT2D eigenvalue weighted by Gasteiger charge is 2.49. The molecule has 3 aliphatic heterocycles. The Kier molecular flexibility index (Phi) is 4.96. The van der Waals surface area contributed by atoms with Gasteiger partial charge in [-0.15, -0.1) is 0 Å². The van der Waals surface area contributed by atoms with E-state index in [-0.39, 0.29) is 17.3 Å². The maximum Gasteiger partial charge on any atom is 0.126 e. The first-order chi connectivity index (χ1) is 12.9. The molecule has 0 saturated carbocycles. The average molecular weight is 369 g/mol. The zero-order valence-corrected chi connectivity index (χ0v) is 17.1. The molecule has 3 atom stereocenters. The molecule has 146 valence electrons. The van der Waals surface area contributed by atoms with Crippen molar-refractivity contribution in [2.45, 2.75) is 50.9 Å². The van der Waals surface area contributed by atoms with Crippen molar-refractivity contribution in [2.75, 3.05) is 39.8 Å². The van der Waals surface area contributed by atoms with E-state index in [1.54, 1.807) is 0 Å². The number of hydrogen-bond acceptors (Lipinski definition) is 4. The Morgan fingerprint density at radius 1 is 1.11 bits per heavy atom. The van der Waals surface area contributed by atoms with Gasteiger partial charge in [0.25, 0.3) is 0 Å². The van der Waals surface area contributed by atoms with Crippen LogP contribution in [0.3, 0.4) is 0 Å². The number of likely N-dealkylation sites (N-methyl/N-ethyl adjacent to an activating group) is 1. The number of hydrogen-bond donors (Lipinski definition) is 0. The fourth-order valence-corrected chi connectivity index (χ4v) is 4.60. The molecule has 0 amide bonds. The van der Waals surface area contributed by atoms with Gasteiger partial charge in [0.15, 0.2) is 0 Å². The summed E-state index contributed by atoms with van der Waals surface area (Å²) in [6.45, 7) is 11.8. The molecule has 3 heterocycles. The molecule has 0 unspecified atom stereocenters. The van der Waals surface area contributed by atoms with Gasteiger partial charge in [0.2, 0.25) is 0 Å². The molecule has 0 radical (unpaired) electrons. The van der Waals surface area contributed by atoms with Gasteiger partial charge in [-0.2, -0.15) is 0 Å². The van der Waals surface area contributed by atoms with Crippen molar-refractivity contribution in [1.82, 2.24) is 9.80 Å². The Morgan fingerprint density at radius 3 is 2.63 bits per heavy atom. The zero-order valence-electron chi connectivity index (χ0n) is 17.1. The molecule has 0 spiro atoms. The van der Waals surface area contributed by atoms with Gasteiger partial charge in [0, 0.05) is 37.7 Å². The van der Waals surface area contributed by atoms with Crippen molar-refractivity contribution in [3.8, 4) is 17.6 Å². The van der Waals surface area contributed by atoms with Gasteiger partial charge in [0.1, 0.15) is 17.0 Å². The van der Waals surface area contributed by atoms with Crippen LogP contribution < -0.4 is 4.74 Å². The Hall–Kier alpha value is -1.54. The van der Waals surface area contributed by atoms with Crippen LogP contribution in [0.5, 0.6) is 5.75 Å². The normalized spacial score (nSPS) is 33.2. The van der Waals surface area contributed by atoms with Crippen molar-refractivity contribution in [2.24, 2.45) is 5.92 Å². The van der Waals surface area contributed by atoms with Crippen LogP contribution in [0.1, 0.15) is 45.3 Å². The Balaban J connectivity index is 1.49. The van der Waals surface area contributed by atoms with Gasteiger partial charge in [-0.25, -0.2) is 0 Å². The molecule has 2 fully saturated rings. The highest BCUT2D eigenvalue weighted by molar-refractivity contribution is 5.39. The van der Waals surface area contributed by atoms with Crippen LogP contribution in [0.25, 0.3) is 0 Å². The number of piperazine rings is 1. The Labute approximate surface area is 163 Å². The van der Waals surface area contributed by atoms with Crippen molar-refractivity contribution < 1.29 is 9.47 Å². The summed E-state index contributed by atoms with van der Waals surface area (Å²) in [5.41, 5.74) is 0.579. The molecule has 2 saturated heterocycles. The van der Waals surface area contributed by atoms with E-state index in [0.717, 1.165) is 51.3 Å². The van der Waals surface area contributed by atoms with Gasteiger partial charge in [0.05, 0.1) is 12.6 Å². The lowest BCUT2D eigenvalue weighted by Crippen LogP contribution is -2.51. The van der Waals surface area contributed by atoms with E-state index in [1.165, 1.54) is 5.56 Å². The summed E-state index contributed by atoms with van der Waals surface area (Å²) in [6.07, 6.45) is 2.09. The minimum Gasteiger partial charge on any atom is -0.487 e. The number of benzene rings is 1. The van der Waals surface area contributed by atoms with Crippen LogP contribution in [0, 0.1) is 17.8 Å². The maximum atomic E-state index is 6.67. The topological polar surface area (TPSA) is 24.9 Å². The zero-order chi connectivity index (χ0) is 19.1. The summed E-state index contributed by atoms with van der Waals surface area (Å²) in [5.74, 6) is 8.22. The van der Waals surface area contributed by atoms with Crippen LogP contribution in [-0.4, -0.2) is 60.8 Å². The molecule has 27 heavy (non-hydrogen) atoms. The third-order valence-corrected chi connectivity index (χ3v) is 6.43. The number of rotatable bonds is 1. The smallest absolute Gasteiger partial charge is 0.126 e. The Morgan fingerprint density at radius 2 is 1.85 bits per heavy atom. The first-order valence-corrected chi connectivity index (χ1v) is 10.2. The van der Waals surface area contributed by atoms with Crippen LogP contribution in [-0.2, 0) is 4.74 Å². The molecular formula is C23H32N2O2. The van der Waals surface area contributed by atoms with E-state index in [9.17, 15) is 0 Å². The second-order valence-electron chi connectivity index (χ2n) is 9.04. The number of para-hydroxylation sites is 1.